The van der Waals surface area contributed by atoms with Crippen LogP contribution in [-0.2, 0) is 10.3 Å². The molecule has 3 aromatic rings. The monoisotopic (exact) mass is 375 g/mol. The van der Waals surface area contributed by atoms with Gasteiger partial charge in [0.15, 0.2) is 0 Å². The van der Waals surface area contributed by atoms with Gasteiger partial charge in [0, 0.05) is 6.20 Å². The molecule has 140 valence electrons. The van der Waals surface area contributed by atoms with Gasteiger partial charge in [0.1, 0.15) is 5.54 Å². The maximum atomic E-state index is 12.8. The van der Waals surface area contributed by atoms with Crippen molar-refractivity contribution in [2.75, 3.05) is 0 Å². The number of amides is 4. The Morgan fingerprint density at radius 1 is 1.04 bits per heavy atom. The van der Waals surface area contributed by atoms with Gasteiger partial charge in [-0.2, -0.15) is 10.1 Å². The van der Waals surface area contributed by atoms with E-state index in [4.69, 9.17) is 0 Å². The Bertz CT molecular complexity index is 1050. The summed E-state index contributed by atoms with van der Waals surface area (Å²) in [5.41, 5.74) is 2.75. The molecule has 1 aliphatic heterocycles. The number of carbonyl (C=O) groups is 3. The highest BCUT2D eigenvalue weighted by molar-refractivity contribution is 6.09. The van der Waals surface area contributed by atoms with Gasteiger partial charge in [0.2, 0.25) is 0 Å². The molecule has 4 amide bonds. The smallest absolute Gasteiger partial charge is 0.318 e. The van der Waals surface area contributed by atoms with Crippen molar-refractivity contribution in [2.45, 2.75) is 12.5 Å². The van der Waals surface area contributed by atoms with Crippen LogP contribution < -0.4 is 10.7 Å². The van der Waals surface area contributed by atoms with Crippen LogP contribution in [0.25, 0.3) is 5.69 Å². The largest absolute Gasteiger partial charge is 0.344 e. The molecule has 0 unspecified atom stereocenters. The van der Waals surface area contributed by atoms with Crippen molar-refractivity contribution in [3.8, 4) is 5.69 Å². The Kier molecular flexibility index (Phi) is 4.15. The lowest BCUT2D eigenvalue weighted by atomic mass is 9.92. The SMILES string of the molecule is C[C@]1(c2ccccc2)NC(=O)N(NC(=O)c2cnn(-c3ccccc3)c2)C1=O. The van der Waals surface area contributed by atoms with E-state index >= 15 is 0 Å². The first-order valence-electron chi connectivity index (χ1n) is 8.62. The third-order valence-electron chi connectivity index (χ3n) is 4.62. The topological polar surface area (TPSA) is 96.3 Å². The Morgan fingerprint density at radius 2 is 1.68 bits per heavy atom. The zero-order valence-corrected chi connectivity index (χ0v) is 15.0. The number of nitrogens with one attached hydrogen (secondary N) is 2. The van der Waals surface area contributed by atoms with E-state index in [0.29, 0.717) is 10.6 Å². The highest BCUT2D eigenvalue weighted by atomic mass is 16.2. The number of urea groups is 1. The van der Waals surface area contributed by atoms with E-state index in [9.17, 15) is 14.4 Å². The summed E-state index contributed by atoms with van der Waals surface area (Å²) in [4.78, 5) is 37.7. The molecule has 0 spiro atoms. The summed E-state index contributed by atoms with van der Waals surface area (Å²) >= 11 is 0. The van der Waals surface area contributed by atoms with Gasteiger partial charge >= 0.3 is 6.03 Å². The van der Waals surface area contributed by atoms with E-state index < -0.39 is 23.4 Å². The van der Waals surface area contributed by atoms with Crippen molar-refractivity contribution >= 4 is 17.8 Å². The Balaban J connectivity index is 1.53. The van der Waals surface area contributed by atoms with Crippen molar-refractivity contribution in [3.63, 3.8) is 0 Å². The molecule has 2 aromatic carbocycles. The van der Waals surface area contributed by atoms with Crippen LogP contribution in [-0.4, -0.2) is 32.6 Å². The third kappa shape index (κ3) is 2.90. The molecule has 4 rings (SSSR count). The average Bonchev–Trinajstić information content (AvgIpc) is 3.30. The molecule has 1 fully saturated rings. The van der Waals surface area contributed by atoms with Gasteiger partial charge < -0.3 is 5.32 Å². The molecule has 2 N–H and O–H groups in total. The highest BCUT2D eigenvalue weighted by Gasteiger charge is 2.50. The van der Waals surface area contributed by atoms with Crippen molar-refractivity contribution in [1.29, 1.82) is 0 Å². The molecular formula is C20H17N5O3. The van der Waals surface area contributed by atoms with Gasteiger partial charge in [-0.3, -0.25) is 15.0 Å². The fraction of sp³-hybridized carbons (Fsp3) is 0.100. The first-order valence-corrected chi connectivity index (χ1v) is 8.62. The quantitative estimate of drug-likeness (QED) is 0.682. The lowest BCUT2D eigenvalue weighted by Gasteiger charge is -2.21. The lowest BCUT2D eigenvalue weighted by molar-refractivity contribution is -0.132. The second-order valence-corrected chi connectivity index (χ2v) is 6.51. The molecule has 0 saturated carbocycles. The maximum absolute atomic E-state index is 12.8. The minimum Gasteiger partial charge on any atom is -0.318 e. The molecule has 28 heavy (non-hydrogen) atoms. The van der Waals surface area contributed by atoms with Crippen LogP contribution in [0.4, 0.5) is 4.79 Å². The van der Waals surface area contributed by atoms with Crippen LogP contribution in [0.15, 0.2) is 73.1 Å². The first kappa shape index (κ1) is 17.5. The van der Waals surface area contributed by atoms with Crippen LogP contribution in [0.1, 0.15) is 22.8 Å². The Labute approximate surface area is 160 Å². The second-order valence-electron chi connectivity index (χ2n) is 6.51. The number of aromatic nitrogens is 2. The molecular weight excluding hydrogens is 358 g/mol. The summed E-state index contributed by atoms with van der Waals surface area (Å²) in [5.74, 6) is -1.17. The van der Waals surface area contributed by atoms with Gasteiger partial charge in [-0.25, -0.2) is 9.48 Å². The number of benzene rings is 2. The van der Waals surface area contributed by atoms with E-state index in [-0.39, 0.29) is 5.56 Å². The van der Waals surface area contributed by atoms with Crippen LogP contribution in [0.5, 0.6) is 0 Å². The molecule has 8 heteroatoms. The first-order chi connectivity index (χ1) is 13.5. The molecule has 0 bridgehead atoms. The van der Waals surface area contributed by atoms with E-state index in [1.165, 1.54) is 17.1 Å². The van der Waals surface area contributed by atoms with Gasteiger partial charge in [-0.15, -0.1) is 0 Å². The van der Waals surface area contributed by atoms with Crippen molar-refractivity contribution in [3.05, 3.63) is 84.2 Å². The van der Waals surface area contributed by atoms with Crippen LogP contribution >= 0.6 is 0 Å². The predicted octanol–water partition coefficient (Wildman–Crippen LogP) is 1.98. The molecule has 1 atom stereocenters. The molecule has 8 nitrogen and oxygen atoms in total. The summed E-state index contributed by atoms with van der Waals surface area (Å²) < 4.78 is 1.54. The molecule has 1 aliphatic rings. The summed E-state index contributed by atoms with van der Waals surface area (Å²) in [7, 11) is 0. The fourth-order valence-electron chi connectivity index (χ4n) is 3.04. The number of carbonyl (C=O) groups excluding carboxylic acids is 3. The minimum atomic E-state index is -1.25. The second kappa shape index (κ2) is 6.66. The van der Waals surface area contributed by atoms with Gasteiger partial charge in [0.25, 0.3) is 11.8 Å². The predicted molar refractivity (Wildman–Crippen MR) is 100 cm³/mol. The summed E-state index contributed by atoms with van der Waals surface area (Å²) in [6.07, 6.45) is 2.90. The number of rotatable bonds is 4. The molecule has 2 heterocycles. The molecule has 0 aliphatic carbocycles. The minimum absolute atomic E-state index is 0.220. The number of hydrogen-bond acceptors (Lipinski definition) is 4. The van der Waals surface area contributed by atoms with Gasteiger partial charge in [0.05, 0.1) is 17.4 Å². The van der Waals surface area contributed by atoms with Crippen molar-refractivity contribution in [2.24, 2.45) is 0 Å². The van der Waals surface area contributed by atoms with Gasteiger partial charge in [-0.1, -0.05) is 48.5 Å². The van der Waals surface area contributed by atoms with E-state index in [0.717, 1.165) is 5.69 Å². The number of hydrogen-bond donors (Lipinski definition) is 2. The maximum Gasteiger partial charge on any atom is 0.344 e. The summed E-state index contributed by atoms with van der Waals surface area (Å²) in [6, 6.07) is 17.4. The van der Waals surface area contributed by atoms with E-state index in [1.54, 1.807) is 31.2 Å². The number of para-hydroxylation sites is 1. The molecule has 0 radical (unpaired) electrons. The standard InChI is InChI=1S/C20H17N5O3/c1-20(15-8-4-2-5-9-15)18(27)25(19(28)22-20)23-17(26)14-12-21-24(13-14)16-10-6-3-7-11-16/h2-13H,1H3,(H,22,28)(H,23,26)/t20-/m1/s1. The molecule has 1 saturated heterocycles. The van der Waals surface area contributed by atoms with Gasteiger partial charge in [-0.05, 0) is 24.6 Å². The summed E-state index contributed by atoms with van der Waals surface area (Å²) in [6.45, 7) is 1.60. The Hall–Kier alpha value is -3.94. The Morgan fingerprint density at radius 3 is 2.36 bits per heavy atom. The number of hydrazine groups is 1. The van der Waals surface area contributed by atoms with Crippen LogP contribution in [0, 0.1) is 0 Å². The van der Waals surface area contributed by atoms with Crippen molar-refractivity contribution in [1.82, 2.24) is 25.5 Å². The van der Waals surface area contributed by atoms with E-state index in [1.807, 2.05) is 36.4 Å². The third-order valence-corrected chi connectivity index (χ3v) is 4.62. The number of nitrogens with zero attached hydrogens (tertiary/aromatic N) is 3. The van der Waals surface area contributed by atoms with Crippen molar-refractivity contribution < 1.29 is 14.4 Å². The lowest BCUT2D eigenvalue weighted by Crippen LogP contribution is -2.47. The highest BCUT2D eigenvalue weighted by Crippen LogP contribution is 2.27. The normalized spacial score (nSPS) is 18.8. The zero-order chi connectivity index (χ0) is 19.7. The van der Waals surface area contributed by atoms with Crippen LogP contribution in [0.3, 0.4) is 0 Å². The van der Waals surface area contributed by atoms with E-state index in [2.05, 4.69) is 15.8 Å². The fourth-order valence-corrected chi connectivity index (χ4v) is 3.04. The van der Waals surface area contributed by atoms with Crippen LogP contribution in [0.2, 0.25) is 0 Å². The summed E-state index contributed by atoms with van der Waals surface area (Å²) in [5, 5.41) is 7.49. The number of imide groups is 1. The molecule has 1 aromatic heterocycles. The average molecular weight is 375 g/mol. The zero-order valence-electron chi connectivity index (χ0n) is 15.0.